The van der Waals surface area contributed by atoms with Gasteiger partial charge in [-0.05, 0) is 63.3 Å². The summed E-state index contributed by atoms with van der Waals surface area (Å²) in [4.78, 5) is 0. The Bertz CT molecular complexity index is 923. The molecule has 0 saturated heterocycles. The largest absolute Gasteiger partial charge is 0.0620 e. The van der Waals surface area contributed by atoms with Crippen LogP contribution in [0.2, 0.25) is 0 Å². The van der Waals surface area contributed by atoms with Crippen LogP contribution in [0.3, 0.4) is 0 Å². The van der Waals surface area contributed by atoms with Crippen LogP contribution in [0, 0.1) is 6.92 Å². The van der Waals surface area contributed by atoms with E-state index >= 15 is 0 Å². The first-order valence-corrected chi connectivity index (χ1v) is 8.77. The fourth-order valence-electron chi connectivity index (χ4n) is 4.07. The van der Waals surface area contributed by atoms with Crippen LogP contribution in [-0.4, -0.2) is 0 Å². The second-order valence-electron chi connectivity index (χ2n) is 7.91. The fourth-order valence-corrected chi connectivity index (χ4v) is 4.07. The zero-order valence-electron chi connectivity index (χ0n) is 15.0. The van der Waals surface area contributed by atoms with Gasteiger partial charge in [0.1, 0.15) is 0 Å². The second kappa shape index (κ2) is 5.34. The van der Waals surface area contributed by atoms with E-state index in [0.29, 0.717) is 0 Å². The first kappa shape index (κ1) is 15.2. The molecule has 0 aromatic heterocycles. The maximum Gasteiger partial charge on any atom is -0.00103 e. The summed E-state index contributed by atoms with van der Waals surface area (Å²) in [6.07, 6.45) is 1.05. The maximum absolute atomic E-state index is 2.31. The highest BCUT2D eigenvalue weighted by Gasteiger charge is 2.27. The van der Waals surface area contributed by atoms with Gasteiger partial charge in [0.2, 0.25) is 0 Å². The summed E-state index contributed by atoms with van der Waals surface area (Å²) < 4.78 is 0. The molecule has 0 N–H and O–H groups in total. The van der Waals surface area contributed by atoms with Crippen LogP contribution in [0.25, 0.3) is 22.3 Å². The number of hydrogen-bond acceptors (Lipinski definition) is 0. The van der Waals surface area contributed by atoms with E-state index in [1.54, 1.807) is 0 Å². The van der Waals surface area contributed by atoms with Gasteiger partial charge in [-0.2, -0.15) is 0 Å². The lowest BCUT2D eigenvalue weighted by atomic mass is 9.82. The molecule has 0 bridgehead atoms. The van der Waals surface area contributed by atoms with Gasteiger partial charge in [-0.3, -0.25) is 0 Å². The van der Waals surface area contributed by atoms with Crippen LogP contribution >= 0.6 is 0 Å². The molecular weight excluding hydrogens is 288 g/mol. The highest BCUT2D eigenvalue weighted by atomic mass is 14.3. The molecule has 0 spiro atoms. The zero-order chi connectivity index (χ0) is 16.9. The highest BCUT2D eigenvalue weighted by molar-refractivity contribution is 5.91. The minimum absolute atomic E-state index is 0.177. The lowest BCUT2D eigenvalue weighted by Crippen LogP contribution is -2.13. The Hall–Kier alpha value is -2.34. The fraction of sp³-hybridized carbons (Fsp3) is 0.250. The molecule has 0 aliphatic heterocycles. The number of aryl methyl sites for hydroxylation is 1. The van der Waals surface area contributed by atoms with Crippen LogP contribution in [0.5, 0.6) is 0 Å². The number of benzene rings is 3. The molecule has 3 aromatic rings. The second-order valence-corrected chi connectivity index (χ2v) is 7.91. The Morgan fingerprint density at radius 1 is 0.708 bits per heavy atom. The average Bonchev–Trinajstić information content (AvgIpc) is 2.93. The summed E-state index contributed by atoms with van der Waals surface area (Å²) in [5.74, 6) is 0. The third-order valence-electron chi connectivity index (χ3n) is 5.21. The van der Waals surface area contributed by atoms with Gasteiger partial charge in [0.15, 0.2) is 0 Å². The van der Waals surface area contributed by atoms with Crippen molar-refractivity contribution in [3.8, 4) is 22.3 Å². The SMILES string of the molecule is Cc1ccccc1-c1cccc2c1-c1cccc(C(C)(C)C)c1C2. The van der Waals surface area contributed by atoms with Crippen molar-refractivity contribution in [1.29, 1.82) is 0 Å². The quantitative estimate of drug-likeness (QED) is 0.375. The molecule has 24 heavy (non-hydrogen) atoms. The Balaban J connectivity index is 1.99. The number of hydrogen-bond donors (Lipinski definition) is 0. The minimum Gasteiger partial charge on any atom is -0.0620 e. The Morgan fingerprint density at radius 3 is 2.12 bits per heavy atom. The van der Waals surface area contributed by atoms with Crippen LogP contribution < -0.4 is 0 Å². The van der Waals surface area contributed by atoms with Crippen molar-refractivity contribution in [1.82, 2.24) is 0 Å². The van der Waals surface area contributed by atoms with Gasteiger partial charge < -0.3 is 0 Å². The molecule has 0 atom stereocenters. The molecule has 0 nitrogen and oxygen atoms in total. The molecule has 0 heteroatoms. The molecular formula is C24H24. The third-order valence-corrected chi connectivity index (χ3v) is 5.21. The summed E-state index contributed by atoms with van der Waals surface area (Å²) in [6, 6.07) is 22.3. The van der Waals surface area contributed by atoms with E-state index in [-0.39, 0.29) is 5.41 Å². The standard InChI is InChI=1S/C24H24/c1-16-9-5-6-11-18(16)19-12-7-10-17-15-21-20(23(17)19)13-8-14-22(21)24(2,3)4/h5-14H,15H2,1-4H3. The predicted octanol–water partition coefficient (Wildman–Crippen LogP) is 6.53. The zero-order valence-corrected chi connectivity index (χ0v) is 15.0. The molecule has 3 aromatic carbocycles. The highest BCUT2D eigenvalue weighted by Crippen LogP contribution is 2.46. The first-order chi connectivity index (χ1) is 11.5. The van der Waals surface area contributed by atoms with Gasteiger partial charge in [0, 0.05) is 0 Å². The Labute approximate surface area is 145 Å². The Kier molecular flexibility index (Phi) is 3.38. The van der Waals surface area contributed by atoms with Crippen molar-refractivity contribution in [2.24, 2.45) is 0 Å². The van der Waals surface area contributed by atoms with E-state index in [9.17, 15) is 0 Å². The minimum atomic E-state index is 0.177. The van der Waals surface area contributed by atoms with Crippen LogP contribution in [0.4, 0.5) is 0 Å². The Morgan fingerprint density at radius 2 is 1.38 bits per heavy atom. The van der Waals surface area contributed by atoms with Gasteiger partial charge >= 0.3 is 0 Å². The van der Waals surface area contributed by atoms with E-state index in [1.807, 2.05) is 0 Å². The summed E-state index contributed by atoms with van der Waals surface area (Å²) in [6.45, 7) is 9.14. The van der Waals surface area contributed by atoms with Crippen molar-refractivity contribution < 1.29 is 0 Å². The van der Waals surface area contributed by atoms with Crippen molar-refractivity contribution in [2.75, 3.05) is 0 Å². The summed E-state index contributed by atoms with van der Waals surface area (Å²) in [7, 11) is 0. The van der Waals surface area contributed by atoms with Gasteiger partial charge in [0.05, 0.1) is 0 Å². The monoisotopic (exact) mass is 312 g/mol. The maximum atomic E-state index is 2.31. The van der Waals surface area contributed by atoms with E-state index in [4.69, 9.17) is 0 Å². The normalized spacial score (nSPS) is 12.8. The van der Waals surface area contributed by atoms with Crippen molar-refractivity contribution in [2.45, 2.75) is 39.5 Å². The smallest absolute Gasteiger partial charge is 0.00103 e. The third kappa shape index (κ3) is 2.29. The van der Waals surface area contributed by atoms with Crippen LogP contribution in [-0.2, 0) is 11.8 Å². The topological polar surface area (TPSA) is 0 Å². The van der Waals surface area contributed by atoms with E-state index in [0.717, 1.165) is 6.42 Å². The molecule has 0 fully saturated rings. The number of rotatable bonds is 1. The molecule has 0 saturated carbocycles. The lowest BCUT2D eigenvalue weighted by Gasteiger charge is -2.23. The van der Waals surface area contributed by atoms with E-state index in [1.165, 1.54) is 44.5 Å². The molecule has 4 rings (SSSR count). The molecule has 0 heterocycles. The van der Waals surface area contributed by atoms with E-state index in [2.05, 4.69) is 88.4 Å². The lowest BCUT2D eigenvalue weighted by molar-refractivity contribution is 0.585. The van der Waals surface area contributed by atoms with Crippen LogP contribution in [0.1, 0.15) is 43.0 Å². The van der Waals surface area contributed by atoms with Crippen molar-refractivity contribution in [3.05, 3.63) is 82.9 Å². The molecule has 0 unspecified atom stereocenters. The van der Waals surface area contributed by atoms with Gasteiger partial charge in [-0.1, -0.05) is 81.4 Å². The summed E-state index contributed by atoms with van der Waals surface area (Å²) in [5.41, 5.74) is 11.6. The van der Waals surface area contributed by atoms with Gasteiger partial charge in [-0.15, -0.1) is 0 Å². The summed E-state index contributed by atoms with van der Waals surface area (Å²) >= 11 is 0. The predicted molar refractivity (Wildman–Crippen MR) is 104 cm³/mol. The molecule has 1 aliphatic rings. The van der Waals surface area contributed by atoms with Crippen LogP contribution in [0.15, 0.2) is 60.7 Å². The van der Waals surface area contributed by atoms with Crippen molar-refractivity contribution >= 4 is 0 Å². The molecule has 120 valence electrons. The van der Waals surface area contributed by atoms with Gasteiger partial charge in [0.25, 0.3) is 0 Å². The molecule has 0 amide bonds. The van der Waals surface area contributed by atoms with Crippen molar-refractivity contribution in [3.63, 3.8) is 0 Å². The van der Waals surface area contributed by atoms with Gasteiger partial charge in [-0.25, -0.2) is 0 Å². The van der Waals surface area contributed by atoms with E-state index < -0.39 is 0 Å². The molecule has 1 aliphatic carbocycles. The number of fused-ring (bicyclic) bond motifs is 3. The summed E-state index contributed by atoms with van der Waals surface area (Å²) in [5, 5.41) is 0. The molecule has 0 radical (unpaired) electrons. The average molecular weight is 312 g/mol. The first-order valence-electron chi connectivity index (χ1n) is 8.77.